The smallest absolute Gasteiger partial charge is 0.305 e. The molecule has 0 saturated carbocycles. The Bertz CT molecular complexity index is 1070. The molecule has 0 radical (unpaired) electrons. The summed E-state index contributed by atoms with van der Waals surface area (Å²) in [6.45, 7) is 4.30. The van der Waals surface area contributed by atoms with Crippen LogP contribution in [0.4, 0.5) is 5.13 Å². The van der Waals surface area contributed by atoms with Gasteiger partial charge in [-0.3, -0.25) is 19.2 Å². The van der Waals surface area contributed by atoms with Crippen LogP contribution in [0, 0.1) is 0 Å². The maximum atomic E-state index is 11.9. The standard InChI is InChI=1S/C19H23N5O9S/c1-8(25)29-6-14-16(30-9(2)26)15(17(31-10(3)27)18(33-14)32-11(4)28)24-5-12(22-23-24)13-7-34-19(20)21-13/h5,7,14-18H,6H2,1-4H3,(H2,20,21). The van der Waals surface area contributed by atoms with Crippen molar-refractivity contribution in [3.05, 3.63) is 11.6 Å². The van der Waals surface area contributed by atoms with Crippen LogP contribution in [0.15, 0.2) is 11.6 Å². The molecule has 0 aromatic carbocycles. The summed E-state index contributed by atoms with van der Waals surface area (Å²) in [6, 6.07) is -1.08. The molecule has 1 aliphatic rings. The number of nitrogens with zero attached hydrogens (tertiary/aromatic N) is 4. The second-order valence-corrected chi connectivity index (χ2v) is 8.14. The van der Waals surface area contributed by atoms with Gasteiger partial charge in [0, 0.05) is 33.1 Å². The minimum Gasteiger partial charge on any atom is -0.463 e. The Labute approximate surface area is 197 Å². The number of carbonyl (C=O) groups excluding carboxylic acids is 4. The van der Waals surface area contributed by atoms with Crippen molar-refractivity contribution in [1.82, 2.24) is 20.0 Å². The molecule has 1 fully saturated rings. The number of nitrogens with two attached hydrogens (primary N) is 1. The number of aromatic nitrogens is 4. The number of carbonyl (C=O) groups is 4. The van der Waals surface area contributed by atoms with Gasteiger partial charge in [-0.05, 0) is 0 Å². The minimum atomic E-state index is -1.43. The molecular weight excluding hydrogens is 474 g/mol. The summed E-state index contributed by atoms with van der Waals surface area (Å²) >= 11 is 1.20. The van der Waals surface area contributed by atoms with E-state index in [2.05, 4.69) is 15.3 Å². The van der Waals surface area contributed by atoms with E-state index in [4.69, 9.17) is 29.4 Å². The Kier molecular flexibility index (Phi) is 7.78. The molecule has 0 amide bonds. The second kappa shape index (κ2) is 10.6. The highest BCUT2D eigenvalue weighted by Crippen LogP contribution is 2.36. The summed E-state index contributed by atoms with van der Waals surface area (Å²) in [4.78, 5) is 51.2. The largest absolute Gasteiger partial charge is 0.463 e. The van der Waals surface area contributed by atoms with Crippen LogP contribution in [0.3, 0.4) is 0 Å². The zero-order chi connectivity index (χ0) is 25.0. The van der Waals surface area contributed by atoms with Gasteiger partial charge in [0.15, 0.2) is 17.3 Å². The van der Waals surface area contributed by atoms with Gasteiger partial charge in [0.25, 0.3) is 0 Å². The lowest BCUT2D eigenvalue weighted by Crippen LogP contribution is -2.59. The number of hydrogen-bond acceptors (Lipinski definition) is 14. The first kappa shape index (κ1) is 25.0. The van der Waals surface area contributed by atoms with Gasteiger partial charge in [0.1, 0.15) is 30.1 Å². The summed E-state index contributed by atoms with van der Waals surface area (Å²) in [5.74, 6) is -2.75. The molecular formula is C19H23N5O9S. The van der Waals surface area contributed by atoms with Gasteiger partial charge in [0.2, 0.25) is 6.29 Å². The molecule has 5 unspecified atom stereocenters. The second-order valence-electron chi connectivity index (χ2n) is 7.25. The van der Waals surface area contributed by atoms with Crippen LogP contribution in [0.2, 0.25) is 0 Å². The summed E-state index contributed by atoms with van der Waals surface area (Å²) < 4.78 is 28.2. The number of hydrogen-bond donors (Lipinski definition) is 1. The maximum absolute atomic E-state index is 11.9. The predicted octanol–water partition coefficient (Wildman–Crippen LogP) is 0.239. The first-order valence-corrected chi connectivity index (χ1v) is 10.9. The van der Waals surface area contributed by atoms with Gasteiger partial charge in [-0.15, -0.1) is 16.4 Å². The average molecular weight is 497 g/mol. The van der Waals surface area contributed by atoms with Crippen molar-refractivity contribution in [2.45, 2.75) is 58.3 Å². The van der Waals surface area contributed by atoms with E-state index < -0.39 is 54.5 Å². The molecule has 0 spiro atoms. The Morgan fingerprint density at radius 2 is 1.65 bits per heavy atom. The van der Waals surface area contributed by atoms with Crippen LogP contribution >= 0.6 is 11.3 Å². The fraction of sp³-hybridized carbons (Fsp3) is 0.526. The van der Waals surface area contributed by atoms with Crippen LogP contribution in [0.25, 0.3) is 11.4 Å². The third-order valence-corrected chi connectivity index (χ3v) is 5.23. The van der Waals surface area contributed by atoms with E-state index in [0.29, 0.717) is 16.5 Å². The Morgan fingerprint density at radius 3 is 2.21 bits per heavy atom. The number of ether oxygens (including phenoxy) is 5. The highest BCUT2D eigenvalue weighted by Gasteiger charge is 2.53. The summed E-state index contributed by atoms with van der Waals surface area (Å²) in [5.41, 5.74) is 6.47. The molecule has 0 bridgehead atoms. The minimum absolute atomic E-state index is 0.322. The van der Waals surface area contributed by atoms with Gasteiger partial charge in [-0.25, -0.2) is 9.67 Å². The molecule has 2 aromatic rings. The third-order valence-electron chi connectivity index (χ3n) is 4.55. The molecule has 1 aliphatic heterocycles. The van der Waals surface area contributed by atoms with E-state index >= 15 is 0 Å². The normalized spacial score (nSPS) is 24.2. The van der Waals surface area contributed by atoms with Crippen LogP contribution in [-0.4, -0.2) is 75.1 Å². The van der Waals surface area contributed by atoms with Crippen molar-refractivity contribution in [3.63, 3.8) is 0 Å². The van der Waals surface area contributed by atoms with Gasteiger partial charge < -0.3 is 29.4 Å². The van der Waals surface area contributed by atoms with E-state index in [1.54, 1.807) is 5.38 Å². The quantitative estimate of drug-likeness (QED) is 0.405. The molecule has 184 valence electrons. The van der Waals surface area contributed by atoms with Crippen molar-refractivity contribution in [3.8, 4) is 11.4 Å². The highest BCUT2D eigenvalue weighted by molar-refractivity contribution is 7.13. The monoisotopic (exact) mass is 497 g/mol. The fourth-order valence-electron chi connectivity index (χ4n) is 3.39. The molecule has 5 atom stereocenters. The summed E-state index contributed by atoms with van der Waals surface area (Å²) in [6.07, 6.45) is -3.53. The molecule has 14 nitrogen and oxygen atoms in total. The number of rotatable bonds is 7. The molecule has 3 heterocycles. The number of thiazole rings is 1. The van der Waals surface area contributed by atoms with Gasteiger partial charge >= 0.3 is 23.9 Å². The van der Waals surface area contributed by atoms with Crippen molar-refractivity contribution in [2.75, 3.05) is 12.3 Å². The average Bonchev–Trinajstić information content (AvgIpc) is 3.36. The Hall–Kier alpha value is -3.59. The van der Waals surface area contributed by atoms with Crippen LogP contribution in [0.1, 0.15) is 33.7 Å². The van der Waals surface area contributed by atoms with Crippen LogP contribution in [0.5, 0.6) is 0 Å². The maximum Gasteiger partial charge on any atom is 0.305 e. The Morgan fingerprint density at radius 1 is 1.00 bits per heavy atom. The highest BCUT2D eigenvalue weighted by atomic mass is 32.1. The van der Waals surface area contributed by atoms with Crippen LogP contribution < -0.4 is 5.73 Å². The summed E-state index contributed by atoms with van der Waals surface area (Å²) in [7, 11) is 0. The molecule has 34 heavy (non-hydrogen) atoms. The zero-order valence-corrected chi connectivity index (χ0v) is 19.5. The van der Waals surface area contributed by atoms with Crippen LogP contribution in [-0.2, 0) is 42.9 Å². The molecule has 1 saturated heterocycles. The lowest BCUT2D eigenvalue weighted by Gasteiger charge is -2.44. The van der Waals surface area contributed by atoms with Crippen molar-refractivity contribution in [1.29, 1.82) is 0 Å². The van der Waals surface area contributed by atoms with Crippen molar-refractivity contribution >= 4 is 40.3 Å². The molecule has 3 rings (SSSR count). The van der Waals surface area contributed by atoms with Crippen molar-refractivity contribution in [2.24, 2.45) is 0 Å². The summed E-state index contributed by atoms with van der Waals surface area (Å²) in [5, 5.41) is 10.2. The van der Waals surface area contributed by atoms with E-state index in [1.165, 1.54) is 36.1 Å². The lowest BCUT2D eigenvalue weighted by atomic mass is 9.95. The van der Waals surface area contributed by atoms with E-state index in [9.17, 15) is 19.2 Å². The number of anilines is 1. The Balaban J connectivity index is 2.08. The van der Waals surface area contributed by atoms with E-state index in [1.807, 2.05) is 0 Å². The predicted molar refractivity (Wildman–Crippen MR) is 113 cm³/mol. The van der Waals surface area contributed by atoms with Gasteiger partial charge in [-0.2, -0.15) is 0 Å². The number of nitrogen functional groups attached to an aromatic ring is 1. The topological polar surface area (TPSA) is 184 Å². The van der Waals surface area contributed by atoms with E-state index in [0.717, 1.165) is 13.8 Å². The van der Waals surface area contributed by atoms with Crippen molar-refractivity contribution < 1.29 is 42.9 Å². The first-order valence-electron chi connectivity index (χ1n) is 9.98. The molecule has 0 aliphatic carbocycles. The first-order chi connectivity index (χ1) is 16.0. The molecule has 2 N–H and O–H groups in total. The number of esters is 4. The van der Waals surface area contributed by atoms with Gasteiger partial charge in [0.05, 0.1) is 6.20 Å². The molecule has 2 aromatic heterocycles. The molecule has 15 heteroatoms. The fourth-order valence-corrected chi connectivity index (χ4v) is 3.94. The van der Waals surface area contributed by atoms with E-state index in [-0.39, 0.29) is 6.61 Å². The third kappa shape index (κ3) is 6.05. The SMILES string of the molecule is CC(=O)OCC1OC(OC(C)=O)C(OC(C)=O)C(n2cc(-c3csc(N)n3)nn2)C1OC(C)=O. The lowest BCUT2D eigenvalue weighted by molar-refractivity contribution is -0.285. The van der Waals surface area contributed by atoms with Gasteiger partial charge in [-0.1, -0.05) is 5.21 Å². The zero-order valence-electron chi connectivity index (χ0n) is 18.7.